The first kappa shape index (κ1) is 11.8. The van der Waals surface area contributed by atoms with Crippen LogP contribution in [0.5, 0.6) is 0 Å². The van der Waals surface area contributed by atoms with Gasteiger partial charge in [-0.15, -0.1) is 0 Å². The predicted molar refractivity (Wildman–Crippen MR) is 81.1 cm³/mol. The molecule has 0 amide bonds. The van der Waals surface area contributed by atoms with E-state index in [1.807, 2.05) is 6.20 Å². The zero-order valence-corrected chi connectivity index (χ0v) is 12.1. The van der Waals surface area contributed by atoms with E-state index < -0.39 is 0 Å². The summed E-state index contributed by atoms with van der Waals surface area (Å²) >= 11 is 0. The van der Waals surface area contributed by atoms with Gasteiger partial charge in [-0.05, 0) is 49.9 Å². The van der Waals surface area contributed by atoms with Crippen molar-refractivity contribution in [2.45, 2.75) is 32.2 Å². The molecule has 4 atom stereocenters. The van der Waals surface area contributed by atoms with E-state index in [-0.39, 0.29) is 0 Å². The number of aromatic amines is 1. The van der Waals surface area contributed by atoms with E-state index in [1.54, 1.807) is 0 Å². The number of anilines is 2. The Hall–Kier alpha value is -1.85. The Balaban J connectivity index is 1.46. The zero-order valence-electron chi connectivity index (χ0n) is 12.1. The second kappa shape index (κ2) is 4.08. The molecule has 6 heteroatoms. The van der Waals surface area contributed by atoms with Crippen molar-refractivity contribution in [1.29, 1.82) is 0 Å². The number of aromatic nitrogens is 4. The van der Waals surface area contributed by atoms with Crippen LogP contribution >= 0.6 is 0 Å². The molecule has 5 rings (SSSR count). The summed E-state index contributed by atoms with van der Waals surface area (Å²) < 4.78 is 0. The van der Waals surface area contributed by atoms with Gasteiger partial charge in [-0.2, -0.15) is 15.1 Å². The summed E-state index contributed by atoms with van der Waals surface area (Å²) in [6.07, 6.45) is 6.18. The van der Waals surface area contributed by atoms with Crippen LogP contribution in [0, 0.1) is 23.7 Å². The molecule has 3 fully saturated rings. The van der Waals surface area contributed by atoms with Crippen LogP contribution in [0.1, 0.15) is 26.2 Å². The molecular formula is C15H20N6. The average Bonchev–Trinajstić information content (AvgIpc) is 2.92. The van der Waals surface area contributed by atoms with Crippen LogP contribution in [-0.2, 0) is 0 Å². The maximum atomic E-state index is 4.65. The molecule has 21 heavy (non-hydrogen) atoms. The van der Waals surface area contributed by atoms with Crippen molar-refractivity contribution < 1.29 is 0 Å². The van der Waals surface area contributed by atoms with Gasteiger partial charge < -0.3 is 10.6 Å². The fourth-order valence-electron chi connectivity index (χ4n) is 4.86. The molecule has 2 bridgehead atoms. The van der Waals surface area contributed by atoms with Crippen molar-refractivity contribution in [2.24, 2.45) is 23.7 Å². The molecule has 0 saturated heterocycles. The molecule has 3 aliphatic carbocycles. The van der Waals surface area contributed by atoms with Crippen molar-refractivity contribution in [3.8, 4) is 0 Å². The third-order valence-corrected chi connectivity index (χ3v) is 5.68. The minimum atomic E-state index is 0.624. The molecule has 110 valence electrons. The first-order valence-corrected chi connectivity index (χ1v) is 8.06. The summed E-state index contributed by atoms with van der Waals surface area (Å²) in [6.45, 7) is 2.87. The van der Waals surface area contributed by atoms with E-state index >= 15 is 0 Å². The van der Waals surface area contributed by atoms with Gasteiger partial charge in [0.1, 0.15) is 5.82 Å². The van der Waals surface area contributed by atoms with Gasteiger partial charge in [-0.3, -0.25) is 5.10 Å². The van der Waals surface area contributed by atoms with Gasteiger partial charge in [0.25, 0.3) is 0 Å². The van der Waals surface area contributed by atoms with Gasteiger partial charge in [0.2, 0.25) is 5.95 Å². The van der Waals surface area contributed by atoms with E-state index in [9.17, 15) is 0 Å². The van der Waals surface area contributed by atoms with Gasteiger partial charge in [0.05, 0.1) is 11.6 Å². The fraction of sp³-hybridized carbons (Fsp3) is 0.667. The average molecular weight is 284 g/mol. The summed E-state index contributed by atoms with van der Waals surface area (Å²) in [5.74, 6) is 5.32. The van der Waals surface area contributed by atoms with Crippen molar-refractivity contribution in [3.05, 3.63) is 6.20 Å². The predicted octanol–water partition coefficient (Wildman–Crippen LogP) is 2.24. The van der Waals surface area contributed by atoms with Crippen LogP contribution in [0.15, 0.2) is 6.20 Å². The van der Waals surface area contributed by atoms with Crippen LogP contribution < -0.4 is 10.6 Å². The molecule has 0 aromatic carbocycles. The summed E-state index contributed by atoms with van der Waals surface area (Å²) in [7, 11) is 0. The first-order chi connectivity index (χ1) is 10.3. The number of nitrogens with zero attached hydrogens (tertiary/aromatic N) is 3. The SMILES string of the molecule is CCNc1nc(NC2C3C4CCC(C4)C23)c2cn[nH]c2n1. The Morgan fingerprint density at radius 2 is 2.05 bits per heavy atom. The van der Waals surface area contributed by atoms with Crippen LogP contribution in [0.3, 0.4) is 0 Å². The second-order valence-corrected chi connectivity index (χ2v) is 6.72. The molecular weight excluding hydrogens is 264 g/mol. The Morgan fingerprint density at radius 1 is 1.24 bits per heavy atom. The van der Waals surface area contributed by atoms with Crippen molar-refractivity contribution >= 4 is 22.8 Å². The Morgan fingerprint density at radius 3 is 2.81 bits per heavy atom. The van der Waals surface area contributed by atoms with E-state index in [0.717, 1.165) is 47.1 Å². The van der Waals surface area contributed by atoms with Gasteiger partial charge >= 0.3 is 0 Å². The smallest absolute Gasteiger partial charge is 0.226 e. The molecule has 4 unspecified atom stereocenters. The van der Waals surface area contributed by atoms with Gasteiger partial charge in [0, 0.05) is 12.6 Å². The highest BCUT2D eigenvalue weighted by atomic mass is 15.2. The van der Waals surface area contributed by atoms with E-state index in [2.05, 4.69) is 37.7 Å². The topological polar surface area (TPSA) is 78.5 Å². The van der Waals surface area contributed by atoms with E-state index in [4.69, 9.17) is 0 Å². The molecule has 0 aliphatic heterocycles. The first-order valence-electron chi connectivity index (χ1n) is 8.06. The van der Waals surface area contributed by atoms with Crippen molar-refractivity contribution in [3.63, 3.8) is 0 Å². The number of hydrogen-bond donors (Lipinski definition) is 3. The van der Waals surface area contributed by atoms with Gasteiger partial charge in [-0.1, -0.05) is 0 Å². The minimum absolute atomic E-state index is 0.624. The van der Waals surface area contributed by atoms with Crippen LogP contribution in [0.25, 0.3) is 11.0 Å². The molecule has 2 heterocycles. The lowest BCUT2D eigenvalue weighted by atomic mass is 10.0. The zero-order chi connectivity index (χ0) is 14.0. The Labute approximate surface area is 123 Å². The maximum Gasteiger partial charge on any atom is 0.226 e. The minimum Gasteiger partial charge on any atom is -0.366 e. The van der Waals surface area contributed by atoms with Gasteiger partial charge in [-0.25, -0.2) is 0 Å². The van der Waals surface area contributed by atoms with E-state index in [1.165, 1.54) is 19.3 Å². The van der Waals surface area contributed by atoms with Crippen LogP contribution in [-0.4, -0.2) is 32.8 Å². The van der Waals surface area contributed by atoms with Gasteiger partial charge in [0.15, 0.2) is 5.65 Å². The normalized spacial score (nSPS) is 36.0. The van der Waals surface area contributed by atoms with E-state index in [0.29, 0.717) is 12.0 Å². The van der Waals surface area contributed by atoms with Crippen LogP contribution in [0.2, 0.25) is 0 Å². The molecule has 0 spiro atoms. The number of hydrogen-bond acceptors (Lipinski definition) is 5. The van der Waals surface area contributed by atoms with Crippen LogP contribution in [0.4, 0.5) is 11.8 Å². The second-order valence-electron chi connectivity index (χ2n) is 6.72. The fourth-order valence-corrected chi connectivity index (χ4v) is 4.86. The maximum absolute atomic E-state index is 4.65. The summed E-state index contributed by atoms with van der Waals surface area (Å²) in [6, 6.07) is 0.624. The number of rotatable bonds is 4. The Kier molecular flexibility index (Phi) is 2.29. The quantitative estimate of drug-likeness (QED) is 0.802. The monoisotopic (exact) mass is 284 g/mol. The highest BCUT2D eigenvalue weighted by Crippen LogP contribution is 2.66. The molecule has 3 saturated carbocycles. The molecule has 2 aromatic heterocycles. The lowest BCUT2D eigenvalue weighted by molar-refractivity contribution is 0.456. The Bertz CT molecular complexity index is 679. The lowest BCUT2D eigenvalue weighted by Gasteiger charge is -2.12. The number of nitrogens with one attached hydrogen (secondary N) is 3. The number of fused-ring (bicyclic) bond motifs is 6. The number of H-pyrrole nitrogens is 1. The summed E-state index contributed by atoms with van der Waals surface area (Å²) in [5, 5.41) is 14.9. The third-order valence-electron chi connectivity index (χ3n) is 5.68. The summed E-state index contributed by atoms with van der Waals surface area (Å²) in [5.41, 5.74) is 0.803. The highest BCUT2D eigenvalue weighted by Gasteiger charge is 2.65. The molecule has 0 radical (unpaired) electrons. The molecule has 2 aromatic rings. The largest absolute Gasteiger partial charge is 0.366 e. The molecule has 3 aliphatic rings. The highest BCUT2D eigenvalue weighted by molar-refractivity contribution is 5.87. The standard InChI is InChI=1S/C15H20N6/c1-2-16-15-19-13(9-6-17-21-14(9)20-15)18-12-10-7-3-4-8(5-7)11(10)12/h6-8,10-12H,2-5H2,1H3,(H3,16,17,18,19,20,21). The van der Waals surface area contributed by atoms with Crippen molar-refractivity contribution in [1.82, 2.24) is 20.2 Å². The van der Waals surface area contributed by atoms with Crippen molar-refractivity contribution in [2.75, 3.05) is 17.2 Å². The third kappa shape index (κ3) is 1.61. The lowest BCUT2D eigenvalue weighted by Crippen LogP contribution is -2.15. The summed E-state index contributed by atoms with van der Waals surface area (Å²) in [4.78, 5) is 9.09. The molecule has 3 N–H and O–H groups in total. The molecule has 6 nitrogen and oxygen atoms in total.